The molecule has 25 heavy (non-hydrogen) atoms. The van der Waals surface area contributed by atoms with Crippen LogP contribution in [0.2, 0.25) is 10.0 Å². The van der Waals surface area contributed by atoms with Crippen molar-refractivity contribution >= 4 is 50.5 Å². The summed E-state index contributed by atoms with van der Waals surface area (Å²) in [6, 6.07) is 10.7. The van der Waals surface area contributed by atoms with Crippen LogP contribution in [0.5, 0.6) is 0 Å². The van der Waals surface area contributed by atoms with Crippen LogP contribution < -0.4 is 9.62 Å². The second kappa shape index (κ2) is 7.23. The number of anilines is 2. The number of nitrogens with zero attached hydrogens (tertiary/aromatic N) is 1. The highest BCUT2D eigenvalue weighted by Gasteiger charge is 2.21. The SMILES string of the molecule is O=C1CCCCN1c1ccc(S(=O)(=O)Nc2cc(Cl)cc(Cl)c2)cc1. The minimum Gasteiger partial charge on any atom is -0.312 e. The highest BCUT2D eigenvalue weighted by molar-refractivity contribution is 7.92. The highest BCUT2D eigenvalue weighted by Crippen LogP contribution is 2.26. The molecule has 1 saturated heterocycles. The van der Waals surface area contributed by atoms with Crippen LogP contribution in [0.4, 0.5) is 11.4 Å². The Morgan fingerprint density at radius 2 is 1.60 bits per heavy atom. The van der Waals surface area contributed by atoms with Gasteiger partial charge in [0.05, 0.1) is 10.6 Å². The van der Waals surface area contributed by atoms with Crippen molar-refractivity contribution in [2.45, 2.75) is 24.2 Å². The van der Waals surface area contributed by atoms with Gasteiger partial charge in [0.15, 0.2) is 0 Å². The first kappa shape index (κ1) is 18.0. The van der Waals surface area contributed by atoms with Crippen molar-refractivity contribution in [3.63, 3.8) is 0 Å². The Kier molecular flexibility index (Phi) is 5.22. The third-order valence-corrected chi connectivity index (χ3v) is 5.73. The van der Waals surface area contributed by atoms with Crippen molar-refractivity contribution in [1.29, 1.82) is 0 Å². The average molecular weight is 399 g/mol. The molecule has 1 heterocycles. The number of rotatable bonds is 4. The van der Waals surface area contributed by atoms with Crippen LogP contribution in [-0.4, -0.2) is 20.9 Å². The molecule has 1 amide bonds. The fourth-order valence-electron chi connectivity index (χ4n) is 2.71. The first-order valence-electron chi connectivity index (χ1n) is 7.74. The lowest BCUT2D eigenvalue weighted by Gasteiger charge is -2.26. The molecule has 1 aliphatic rings. The lowest BCUT2D eigenvalue weighted by molar-refractivity contribution is -0.119. The maximum Gasteiger partial charge on any atom is 0.261 e. The van der Waals surface area contributed by atoms with Gasteiger partial charge in [0.2, 0.25) is 5.91 Å². The van der Waals surface area contributed by atoms with E-state index in [4.69, 9.17) is 23.2 Å². The fraction of sp³-hybridized carbons (Fsp3) is 0.235. The summed E-state index contributed by atoms with van der Waals surface area (Å²) in [6.07, 6.45) is 2.37. The summed E-state index contributed by atoms with van der Waals surface area (Å²) in [6.45, 7) is 0.657. The Bertz CT molecular complexity index is 878. The molecule has 5 nitrogen and oxygen atoms in total. The molecule has 0 unspecified atom stereocenters. The molecule has 2 aromatic rings. The van der Waals surface area contributed by atoms with Crippen LogP contribution in [-0.2, 0) is 14.8 Å². The van der Waals surface area contributed by atoms with E-state index in [1.54, 1.807) is 17.0 Å². The van der Waals surface area contributed by atoms with Gasteiger partial charge < -0.3 is 4.90 Å². The van der Waals surface area contributed by atoms with Gasteiger partial charge in [-0.15, -0.1) is 0 Å². The molecule has 8 heteroatoms. The maximum atomic E-state index is 12.5. The molecule has 0 spiro atoms. The lowest BCUT2D eigenvalue weighted by Crippen LogP contribution is -2.35. The van der Waals surface area contributed by atoms with Crippen molar-refractivity contribution in [1.82, 2.24) is 0 Å². The molecule has 0 aromatic heterocycles. The maximum absolute atomic E-state index is 12.5. The Labute approximate surface area is 156 Å². The number of benzene rings is 2. The van der Waals surface area contributed by atoms with E-state index >= 15 is 0 Å². The van der Waals surface area contributed by atoms with E-state index in [0.717, 1.165) is 12.8 Å². The topological polar surface area (TPSA) is 66.5 Å². The second-order valence-electron chi connectivity index (χ2n) is 5.76. The zero-order valence-electron chi connectivity index (χ0n) is 13.2. The fourth-order valence-corrected chi connectivity index (χ4v) is 4.28. The first-order chi connectivity index (χ1) is 11.8. The van der Waals surface area contributed by atoms with E-state index in [2.05, 4.69) is 4.72 Å². The third kappa shape index (κ3) is 4.26. The van der Waals surface area contributed by atoms with Gasteiger partial charge in [0.25, 0.3) is 10.0 Å². The third-order valence-electron chi connectivity index (χ3n) is 3.90. The Morgan fingerprint density at radius 1 is 0.960 bits per heavy atom. The molecule has 1 fully saturated rings. The quantitative estimate of drug-likeness (QED) is 0.833. The molecule has 0 aliphatic carbocycles. The molecule has 0 radical (unpaired) electrons. The molecule has 132 valence electrons. The number of nitrogens with one attached hydrogen (secondary N) is 1. The van der Waals surface area contributed by atoms with Crippen LogP contribution >= 0.6 is 23.2 Å². The molecule has 0 bridgehead atoms. The van der Waals surface area contributed by atoms with Gasteiger partial charge in [-0.05, 0) is 55.3 Å². The zero-order valence-corrected chi connectivity index (χ0v) is 15.5. The second-order valence-corrected chi connectivity index (χ2v) is 8.32. The molecule has 1 N–H and O–H groups in total. The number of hydrogen-bond donors (Lipinski definition) is 1. The number of sulfonamides is 1. The number of carbonyl (C=O) groups is 1. The van der Waals surface area contributed by atoms with E-state index < -0.39 is 10.0 Å². The van der Waals surface area contributed by atoms with Gasteiger partial charge in [-0.1, -0.05) is 23.2 Å². The first-order valence-corrected chi connectivity index (χ1v) is 9.98. The van der Waals surface area contributed by atoms with E-state index in [0.29, 0.717) is 28.7 Å². The molecule has 0 saturated carbocycles. The minimum atomic E-state index is -3.78. The van der Waals surface area contributed by atoms with Gasteiger partial charge in [-0.3, -0.25) is 9.52 Å². The van der Waals surface area contributed by atoms with Crippen LogP contribution in [0.15, 0.2) is 47.4 Å². The summed E-state index contributed by atoms with van der Waals surface area (Å²) in [5.74, 6) is 0.0635. The zero-order chi connectivity index (χ0) is 18.0. The van der Waals surface area contributed by atoms with Gasteiger partial charge in [0.1, 0.15) is 0 Å². The summed E-state index contributed by atoms with van der Waals surface area (Å²) in [4.78, 5) is 13.7. The van der Waals surface area contributed by atoms with Gasteiger partial charge in [-0.2, -0.15) is 0 Å². The summed E-state index contributed by atoms with van der Waals surface area (Å²) >= 11 is 11.8. The van der Waals surface area contributed by atoms with Crippen molar-refractivity contribution in [3.05, 3.63) is 52.5 Å². The van der Waals surface area contributed by atoms with Crippen LogP contribution in [0.25, 0.3) is 0 Å². The summed E-state index contributed by atoms with van der Waals surface area (Å²) in [5.41, 5.74) is 0.988. The Balaban J connectivity index is 1.81. The van der Waals surface area contributed by atoms with Crippen LogP contribution in [0.1, 0.15) is 19.3 Å². The van der Waals surface area contributed by atoms with Crippen LogP contribution in [0, 0.1) is 0 Å². The minimum absolute atomic E-state index is 0.0635. The lowest BCUT2D eigenvalue weighted by atomic mass is 10.1. The molecule has 3 rings (SSSR count). The van der Waals surface area contributed by atoms with Crippen molar-refractivity contribution in [2.24, 2.45) is 0 Å². The number of piperidine rings is 1. The van der Waals surface area contributed by atoms with E-state index in [1.807, 2.05) is 0 Å². The number of hydrogen-bond acceptors (Lipinski definition) is 3. The molecule has 0 atom stereocenters. The molecular weight excluding hydrogens is 383 g/mol. The van der Waals surface area contributed by atoms with Crippen molar-refractivity contribution in [2.75, 3.05) is 16.2 Å². The predicted octanol–water partition coefficient (Wildman–Crippen LogP) is 4.31. The predicted molar refractivity (Wildman–Crippen MR) is 99.9 cm³/mol. The van der Waals surface area contributed by atoms with Gasteiger partial charge >= 0.3 is 0 Å². The number of carbonyl (C=O) groups excluding carboxylic acids is 1. The largest absolute Gasteiger partial charge is 0.312 e. The smallest absolute Gasteiger partial charge is 0.261 e. The normalized spacial score (nSPS) is 15.3. The van der Waals surface area contributed by atoms with E-state index in [1.165, 1.54) is 30.3 Å². The highest BCUT2D eigenvalue weighted by atomic mass is 35.5. The van der Waals surface area contributed by atoms with Crippen LogP contribution in [0.3, 0.4) is 0 Å². The standard InChI is InChI=1S/C17H16Cl2N2O3S/c18-12-9-13(19)11-14(10-12)20-25(23,24)16-6-4-15(5-7-16)21-8-2-1-3-17(21)22/h4-7,9-11,20H,1-3,8H2. The summed E-state index contributed by atoms with van der Waals surface area (Å²) < 4.78 is 27.4. The average Bonchev–Trinajstić information content (AvgIpc) is 2.54. The molecule has 1 aliphatic heterocycles. The van der Waals surface area contributed by atoms with Crippen molar-refractivity contribution < 1.29 is 13.2 Å². The molecule has 2 aromatic carbocycles. The van der Waals surface area contributed by atoms with E-state index in [9.17, 15) is 13.2 Å². The number of amides is 1. The molecular formula is C17H16Cl2N2O3S. The summed E-state index contributed by atoms with van der Waals surface area (Å²) in [7, 11) is -3.78. The van der Waals surface area contributed by atoms with E-state index in [-0.39, 0.29) is 16.5 Å². The summed E-state index contributed by atoms with van der Waals surface area (Å²) in [5, 5.41) is 0.674. The monoisotopic (exact) mass is 398 g/mol. The van der Waals surface area contributed by atoms with Crippen molar-refractivity contribution in [3.8, 4) is 0 Å². The van der Waals surface area contributed by atoms with Gasteiger partial charge in [-0.25, -0.2) is 8.42 Å². The Hall–Kier alpha value is -1.76. The Morgan fingerprint density at radius 3 is 2.20 bits per heavy atom. The number of halogens is 2. The van der Waals surface area contributed by atoms with Gasteiger partial charge in [0, 0.05) is 28.7 Å².